The molecule has 1 aromatic rings. The smallest absolute Gasteiger partial charge is 0.247 e. The third kappa shape index (κ3) is 5.47. The molecular formula is C20H28Cl3N3O2. The van der Waals surface area contributed by atoms with E-state index in [1.807, 2.05) is 6.92 Å². The molecule has 1 atom stereocenters. The molecule has 0 spiro atoms. The van der Waals surface area contributed by atoms with Crippen molar-refractivity contribution in [2.75, 3.05) is 13.7 Å². The fourth-order valence-corrected chi connectivity index (χ4v) is 4.14. The summed E-state index contributed by atoms with van der Waals surface area (Å²) in [4.78, 5) is 12.8. The summed E-state index contributed by atoms with van der Waals surface area (Å²) >= 11 is 19.0. The highest BCUT2D eigenvalue weighted by molar-refractivity contribution is 6.37. The zero-order valence-electron chi connectivity index (χ0n) is 16.7. The second-order valence-corrected chi connectivity index (χ2v) is 8.64. The molecule has 1 unspecified atom stereocenters. The van der Waals surface area contributed by atoms with E-state index in [0.717, 1.165) is 18.4 Å². The van der Waals surface area contributed by atoms with E-state index in [2.05, 4.69) is 24.6 Å². The van der Waals surface area contributed by atoms with Gasteiger partial charge in [-0.05, 0) is 42.9 Å². The van der Waals surface area contributed by atoms with Gasteiger partial charge in [0.15, 0.2) is 11.3 Å². The molecule has 0 saturated carbocycles. The number of hydrogen-bond acceptors (Lipinski definition) is 4. The van der Waals surface area contributed by atoms with E-state index in [9.17, 15) is 4.79 Å². The van der Waals surface area contributed by atoms with Crippen LogP contribution in [0.25, 0.3) is 0 Å². The molecule has 1 amide bonds. The van der Waals surface area contributed by atoms with Crippen LogP contribution >= 0.6 is 34.8 Å². The fraction of sp³-hybridized carbons (Fsp3) is 0.550. The Labute approximate surface area is 182 Å². The summed E-state index contributed by atoms with van der Waals surface area (Å²) in [5.41, 5.74) is 2.93. The number of carbonyl (C=O) groups excluding carboxylic acids is 1. The van der Waals surface area contributed by atoms with Crippen LogP contribution in [-0.4, -0.2) is 30.1 Å². The number of halogens is 3. The third-order valence-corrected chi connectivity index (χ3v) is 5.66. The SMILES string of the molecule is CCC1(C(=O)NCc2cc(Cl)c(OCCCC(C)C)c(Cl)c2)NN(C)C=C1Cl. The maximum atomic E-state index is 12.8. The first kappa shape index (κ1) is 23.1. The van der Waals surface area contributed by atoms with Gasteiger partial charge >= 0.3 is 0 Å². The predicted octanol–water partition coefficient (Wildman–Crippen LogP) is 5.10. The second kappa shape index (κ2) is 10.1. The lowest BCUT2D eigenvalue weighted by molar-refractivity contribution is -0.127. The Morgan fingerprint density at radius 3 is 2.43 bits per heavy atom. The minimum Gasteiger partial charge on any atom is -0.490 e. The Hall–Kier alpha value is -1.14. The Balaban J connectivity index is 1.99. The van der Waals surface area contributed by atoms with Crippen molar-refractivity contribution in [2.45, 2.75) is 52.1 Å². The van der Waals surface area contributed by atoms with Crippen molar-refractivity contribution in [3.8, 4) is 5.75 Å². The zero-order valence-corrected chi connectivity index (χ0v) is 19.0. The van der Waals surface area contributed by atoms with E-state index in [4.69, 9.17) is 39.5 Å². The van der Waals surface area contributed by atoms with Gasteiger partial charge in [-0.25, -0.2) is 5.43 Å². The van der Waals surface area contributed by atoms with Gasteiger partial charge in [-0.3, -0.25) is 4.79 Å². The lowest BCUT2D eigenvalue weighted by Gasteiger charge is -2.29. The van der Waals surface area contributed by atoms with E-state index in [1.165, 1.54) is 0 Å². The first-order chi connectivity index (χ1) is 13.2. The van der Waals surface area contributed by atoms with E-state index >= 15 is 0 Å². The van der Waals surface area contributed by atoms with Crippen molar-refractivity contribution < 1.29 is 9.53 Å². The van der Waals surface area contributed by atoms with E-state index in [-0.39, 0.29) is 12.5 Å². The van der Waals surface area contributed by atoms with Crippen molar-refractivity contribution in [1.29, 1.82) is 0 Å². The number of hydrogen-bond donors (Lipinski definition) is 2. The molecule has 1 aliphatic rings. The minimum atomic E-state index is -0.955. The first-order valence-electron chi connectivity index (χ1n) is 9.47. The molecular weight excluding hydrogens is 421 g/mol. The maximum absolute atomic E-state index is 12.8. The maximum Gasteiger partial charge on any atom is 0.247 e. The first-order valence-corrected chi connectivity index (χ1v) is 10.6. The summed E-state index contributed by atoms with van der Waals surface area (Å²) in [7, 11) is 1.80. The molecule has 1 aliphatic heterocycles. The summed E-state index contributed by atoms with van der Waals surface area (Å²) in [6.45, 7) is 7.10. The third-order valence-electron chi connectivity index (χ3n) is 4.68. The van der Waals surface area contributed by atoms with Crippen molar-refractivity contribution in [1.82, 2.24) is 15.8 Å². The summed E-state index contributed by atoms with van der Waals surface area (Å²) in [6.07, 6.45) is 4.24. The van der Waals surface area contributed by atoms with Crippen LogP contribution in [0.5, 0.6) is 5.75 Å². The highest BCUT2D eigenvalue weighted by Gasteiger charge is 2.44. The number of rotatable bonds is 9. The number of amides is 1. The van der Waals surface area contributed by atoms with E-state index in [0.29, 0.717) is 39.8 Å². The van der Waals surface area contributed by atoms with Crippen molar-refractivity contribution in [3.05, 3.63) is 39.0 Å². The van der Waals surface area contributed by atoms with Gasteiger partial charge in [0.1, 0.15) is 0 Å². The predicted molar refractivity (Wildman–Crippen MR) is 116 cm³/mol. The number of ether oxygens (including phenoxy) is 1. The molecule has 28 heavy (non-hydrogen) atoms. The lowest BCUT2D eigenvalue weighted by atomic mass is 9.96. The minimum absolute atomic E-state index is 0.207. The van der Waals surface area contributed by atoms with Crippen LogP contribution in [0, 0.1) is 5.92 Å². The van der Waals surface area contributed by atoms with Crippen LogP contribution in [-0.2, 0) is 11.3 Å². The average Bonchev–Trinajstić information content (AvgIpc) is 2.92. The summed E-state index contributed by atoms with van der Waals surface area (Å²) in [6, 6.07) is 3.52. The van der Waals surface area contributed by atoms with Crippen LogP contribution < -0.4 is 15.5 Å². The summed E-state index contributed by atoms with van der Waals surface area (Å²) < 4.78 is 5.75. The van der Waals surface area contributed by atoms with Crippen molar-refractivity contribution >= 4 is 40.7 Å². The quantitative estimate of drug-likeness (QED) is 0.516. The molecule has 0 aliphatic carbocycles. The van der Waals surface area contributed by atoms with Crippen LogP contribution in [0.4, 0.5) is 0 Å². The molecule has 5 nitrogen and oxygen atoms in total. The van der Waals surface area contributed by atoms with Crippen LogP contribution in [0.1, 0.15) is 45.6 Å². The van der Waals surface area contributed by atoms with Crippen molar-refractivity contribution in [3.63, 3.8) is 0 Å². The van der Waals surface area contributed by atoms with Gasteiger partial charge in [0.25, 0.3) is 0 Å². The molecule has 0 radical (unpaired) electrons. The Kier molecular flexibility index (Phi) is 8.31. The monoisotopic (exact) mass is 447 g/mol. The van der Waals surface area contributed by atoms with Gasteiger partial charge in [0.05, 0.1) is 21.7 Å². The van der Waals surface area contributed by atoms with E-state index in [1.54, 1.807) is 30.4 Å². The van der Waals surface area contributed by atoms with Gasteiger partial charge in [0, 0.05) is 19.8 Å². The molecule has 0 bridgehead atoms. The van der Waals surface area contributed by atoms with Crippen LogP contribution in [0.15, 0.2) is 23.4 Å². The summed E-state index contributed by atoms with van der Waals surface area (Å²) in [5, 5.41) is 5.92. The molecule has 1 aromatic carbocycles. The Bertz CT molecular complexity index is 716. The van der Waals surface area contributed by atoms with Gasteiger partial charge in [-0.15, -0.1) is 0 Å². The number of hydrazine groups is 1. The standard InChI is InChI=1S/C20H28Cl3N3O2/c1-5-20(17(23)12-26(4)25-20)19(27)24-11-14-9-15(21)18(16(22)10-14)28-8-6-7-13(2)3/h9-10,12-13,25H,5-8,11H2,1-4H3,(H,24,27). The molecule has 0 fully saturated rings. The van der Waals surface area contributed by atoms with Crippen molar-refractivity contribution in [2.24, 2.45) is 5.92 Å². The average molecular weight is 449 g/mol. The molecule has 8 heteroatoms. The molecule has 2 N–H and O–H groups in total. The molecule has 2 rings (SSSR count). The highest BCUT2D eigenvalue weighted by Crippen LogP contribution is 2.35. The van der Waals surface area contributed by atoms with Crippen LogP contribution in [0.3, 0.4) is 0 Å². The summed E-state index contributed by atoms with van der Waals surface area (Å²) in [5.74, 6) is 0.906. The molecule has 0 aromatic heterocycles. The van der Waals surface area contributed by atoms with Crippen LogP contribution in [0.2, 0.25) is 10.0 Å². The van der Waals surface area contributed by atoms with E-state index < -0.39 is 5.54 Å². The van der Waals surface area contributed by atoms with Gasteiger partial charge in [-0.2, -0.15) is 0 Å². The topological polar surface area (TPSA) is 53.6 Å². The Morgan fingerprint density at radius 1 is 1.29 bits per heavy atom. The van der Waals surface area contributed by atoms with Gasteiger partial charge < -0.3 is 15.1 Å². The lowest BCUT2D eigenvalue weighted by Crippen LogP contribution is -2.56. The number of carbonyl (C=O) groups is 1. The number of nitrogens with one attached hydrogen (secondary N) is 2. The van der Waals surface area contributed by atoms with Gasteiger partial charge in [-0.1, -0.05) is 55.6 Å². The number of benzene rings is 1. The highest BCUT2D eigenvalue weighted by atomic mass is 35.5. The Morgan fingerprint density at radius 2 is 1.93 bits per heavy atom. The van der Waals surface area contributed by atoms with Gasteiger partial charge in [0.2, 0.25) is 5.91 Å². The second-order valence-electron chi connectivity index (χ2n) is 7.41. The molecule has 156 valence electrons. The normalized spacial score (nSPS) is 19.1. The fourth-order valence-electron chi connectivity index (χ4n) is 3.09. The molecule has 0 saturated heterocycles. The zero-order chi connectivity index (χ0) is 20.9. The largest absolute Gasteiger partial charge is 0.490 e. The molecule has 1 heterocycles. The number of nitrogens with zero attached hydrogens (tertiary/aromatic N) is 1.